The summed E-state index contributed by atoms with van der Waals surface area (Å²) in [4.78, 5) is 2.46. The predicted molar refractivity (Wildman–Crippen MR) is 210 cm³/mol. The molecule has 1 spiro atoms. The summed E-state index contributed by atoms with van der Waals surface area (Å²) in [5.74, 6) is 0. The van der Waals surface area contributed by atoms with E-state index in [9.17, 15) is 0 Å². The van der Waals surface area contributed by atoms with E-state index < -0.39 is 5.41 Å². The molecule has 238 valence electrons. The molecule has 1 atom stereocenters. The minimum atomic E-state index is -0.512. The Morgan fingerprint density at radius 1 is 0.373 bits per heavy atom. The summed E-state index contributed by atoms with van der Waals surface area (Å²) in [6, 6.07) is 68.3. The molecule has 2 heteroatoms. The van der Waals surface area contributed by atoms with Crippen molar-refractivity contribution in [3.05, 3.63) is 210 Å². The number of fused-ring (bicyclic) bond motifs is 14. The van der Waals surface area contributed by atoms with E-state index in [4.69, 9.17) is 4.42 Å². The van der Waals surface area contributed by atoms with Gasteiger partial charge in [0.05, 0.1) is 16.8 Å². The second kappa shape index (κ2) is 10.7. The Morgan fingerprint density at radius 3 is 1.73 bits per heavy atom. The molecule has 0 amide bonds. The molecule has 1 heterocycles. The molecular weight excluding hydrogens is 619 g/mol. The SMILES string of the molecule is c1ccc(-c2ccccc2N(c2ccccc2)c2cccc3c2-c2ccccc2C32c3ccccc3-c3c2ccc2c3oc3ccccc32)cc1. The molecule has 0 bridgehead atoms. The van der Waals surface area contributed by atoms with E-state index in [1.807, 2.05) is 0 Å². The molecule has 2 aliphatic carbocycles. The standard InChI is InChI=1S/C49H31NO/c1-3-16-32(17-4-1)34-20-9-13-27-43(34)50(33-18-5-2-6-19-33)44-28-15-26-41-46(44)37-22-7-11-24-39(37)49(41)40-25-12-8-23-38(40)47-42(49)31-30-36-35-21-10-14-29-45(35)51-48(36)47/h1-31H. The molecule has 51 heavy (non-hydrogen) atoms. The average molecular weight is 650 g/mol. The minimum absolute atomic E-state index is 0.512. The maximum atomic E-state index is 6.76. The predicted octanol–water partition coefficient (Wildman–Crippen LogP) is 13.1. The van der Waals surface area contributed by atoms with Crippen molar-refractivity contribution in [2.75, 3.05) is 4.90 Å². The van der Waals surface area contributed by atoms with Crippen LogP contribution in [0.4, 0.5) is 17.1 Å². The zero-order chi connectivity index (χ0) is 33.5. The van der Waals surface area contributed by atoms with Crippen LogP contribution in [-0.2, 0) is 5.41 Å². The Kier molecular flexibility index (Phi) is 5.91. The lowest BCUT2D eigenvalue weighted by molar-refractivity contribution is 0.669. The minimum Gasteiger partial charge on any atom is -0.455 e. The smallest absolute Gasteiger partial charge is 0.143 e. The van der Waals surface area contributed by atoms with Crippen molar-refractivity contribution >= 4 is 39.0 Å². The van der Waals surface area contributed by atoms with Crippen LogP contribution >= 0.6 is 0 Å². The van der Waals surface area contributed by atoms with Gasteiger partial charge in [0.1, 0.15) is 11.2 Å². The lowest BCUT2D eigenvalue weighted by Gasteiger charge is -2.32. The molecule has 2 nitrogen and oxygen atoms in total. The molecule has 0 aliphatic heterocycles. The summed E-state index contributed by atoms with van der Waals surface area (Å²) in [5, 5.41) is 2.31. The number of benzene rings is 8. The van der Waals surface area contributed by atoms with Gasteiger partial charge < -0.3 is 9.32 Å². The van der Waals surface area contributed by atoms with Gasteiger partial charge in [0.2, 0.25) is 0 Å². The van der Waals surface area contributed by atoms with Gasteiger partial charge in [-0.05, 0) is 69.3 Å². The molecule has 0 fully saturated rings. The van der Waals surface area contributed by atoms with Crippen LogP contribution in [0.3, 0.4) is 0 Å². The maximum Gasteiger partial charge on any atom is 0.143 e. The first kappa shape index (κ1) is 28.2. The average Bonchev–Trinajstić information content (AvgIpc) is 3.83. The van der Waals surface area contributed by atoms with E-state index in [2.05, 4.69) is 193 Å². The summed E-state index contributed by atoms with van der Waals surface area (Å²) in [6.45, 7) is 0. The Bertz CT molecular complexity index is 2810. The van der Waals surface area contributed by atoms with Crippen molar-refractivity contribution in [1.29, 1.82) is 0 Å². The molecule has 8 aromatic carbocycles. The summed E-state index contributed by atoms with van der Waals surface area (Å²) in [6.07, 6.45) is 0. The fourth-order valence-electron chi connectivity index (χ4n) is 9.13. The number of hydrogen-bond donors (Lipinski definition) is 0. The third-order valence-electron chi connectivity index (χ3n) is 11.1. The fraction of sp³-hybridized carbons (Fsp3) is 0.0204. The Balaban J connectivity index is 1.25. The van der Waals surface area contributed by atoms with Gasteiger partial charge in [0.25, 0.3) is 0 Å². The van der Waals surface area contributed by atoms with Crippen molar-refractivity contribution in [2.24, 2.45) is 0 Å². The second-order valence-corrected chi connectivity index (χ2v) is 13.6. The van der Waals surface area contributed by atoms with Crippen molar-refractivity contribution in [3.63, 3.8) is 0 Å². The van der Waals surface area contributed by atoms with Crippen molar-refractivity contribution < 1.29 is 4.42 Å². The van der Waals surface area contributed by atoms with Crippen LogP contribution in [0.25, 0.3) is 55.3 Å². The van der Waals surface area contributed by atoms with Gasteiger partial charge in [-0.2, -0.15) is 0 Å². The van der Waals surface area contributed by atoms with Gasteiger partial charge in [-0.25, -0.2) is 0 Å². The molecule has 0 saturated carbocycles. The summed E-state index contributed by atoms with van der Waals surface area (Å²) < 4.78 is 6.76. The Labute approximate surface area is 296 Å². The first-order valence-electron chi connectivity index (χ1n) is 17.6. The van der Waals surface area contributed by atoms with E-state index in [1.165, 1.54) is 55.6 Å². The maximum absolute atomic E-state index is 6.76. The van der Waals surface area contributed by atoms with Crippen molar-refractivity contribution in [2.45, 2.75) is 5.41 Å². The first-order chi connectivity index (χ1) is 25.3. The highest BCUT2D eigenvalue weighted by Gasteiger charge is 2.53. The first-order valence-corrected chi connectivity index (χ1v) is 17.6. The summed E-state index contributed by atoms with van der Waals surface area (Å²) in [7, 11) is 0. The van der Waals surface area contributed by atoms with E-state index in [1.54, 1.807) is 0 Å². The zero-order valence-electron chi connectivity index (χ0n) is 27.8. The zero-order valence-corrected chi connectivity index (χ0v) is 27.8. The summed E-state index contributed by atoms with van der Waals surface area (Å²) in [5.41, 5.74) is 17.3. The molecule has 0 saturated heterocycles. The Morgan fingerprint density at radius 2 is 0.941 bits per heavy atom. The molecule has 2 aliphatic rings. The second-order valence-electron chi connectivity index (χ2n) is 13.6. The van der Waals surface area contributed by atoms with Crippen LogP contribution in [0.15, 0.2) is 192 Å². The van der Waals surface area contributed by atoms with Crippen LogP contribution in [0.5, 0.6) is 0 Å². The van der Waals surface area contributed by atoms with Crippen LogP contribution in [-0.4, -0.2) is 0 Å². The van der Waals surface area contributed by atoms with Gasteiger partial charge in [-0.1, -0.05) is 158 Å². The van der Waals surface area contributed by atoms with E-state index in [0.29, 0.717) is 0 Å². The lowest BCUT2D eigenvalue weighted by Crippen LogP contribution is -2.26. The van der Waals surface area contributed by atoms with Gasteiger partial charge in [0, 0.05) is 33.2 Å². The quantitative estimate of drug-likeness (QED) is 0.189. The van der Waals surface area contributed by atoms with Crippen LogP contribution in [0.2, 0.25) is 0 Å². The van der Waals surface area contributed by atoms with E-state index in [-0.39, 0.29) is 0 Å². The third-order valence-corrected chi connectivity index (χ3v) is 11.1. The van der Waals surface area contributed by atoms with Crippen LogP contribution in [0, 0.1) is 0 Å². The highest BCUT2D eigenvalue weighted by Crippen LogP contribution is 2.65. The Hall–Kier alpha value is -6.64. The highest BCUT2D eigenvalue weighted by atomic mass is 16.3. The number of rotatable bonds is 4. The molecule has 0 radical (unpaired) electrons. The topological polar surface area (TPSA) is 16.4 Å². The van der Waals surface area contributed by atoms with Crippen LogP contribution < -0.4 is 4.90 Å². The van der Waals surface area contributed by atoms with Gasteiger partial charge in [-0.15, -0.1) is 0 Å². The number of hydrogen-bond acceptors (Lipinski definition) is 2. The molecule has 1 aromatic heterocycles. The normalized spacial score (nSPS) is 15.1. The number of para-hydroxylation sites is 3. The van der Waals surface area contributed by atoms with Crippen molar-refractivity contribution in [3.8, 4) is 33.4 Å². The molecule has 11 rings (SSSR count). The third kappa shape index (κ3) is 3.76. The summed E-state index contributed by atoms with van der Waals surface area (Å²) >= 11 is 0. The van der Waals surface area contributed by atoms with Gasteiger partial charge in [0.15, 0.2) is 0 Å². The molecule has 0 N–H and O–H groups in total. The lowest BCUT2D eigenvalue weighted by atomic mass is 9.70. The fourth-order valence-corrected chi connectivity index (χ4v) is 9.13. The molecular formula is C49H31NO. The van der Waals surface area contributed by atoms with E-state index >= 15 is 0 Å². The highest BCUT2D eigenvalue weighted by molar-refractivity contribution is 6.13. The molecule has 1 unspecified atom stereocenters. The van der Waals surface area contributed by atoms with E-state index in [0.717, 1.165) is 39.0 Å². The van der Waals surface area contributed by atoms with Crippen LogP contribution in [0.1, 0.15) is 22.3 Å². The molecule has 9 aromatic rings. The monoisotopic (exact) mass is 649 g/mol. The number of furan rings is 1. The van der Waals surface area contributed by atoms with Gasteiger partial charge >= 0.3 is 0 Å². The van der Waals surface area contributed by atoms with Gasteiger partial charge in [-0.3, -0.25) is 0 Å². The number of nitrogens with zero attached hydrogens (tertiary/aromatic N) is 1. The number of anilines is 3. The van der Waals surface area contributed by atoms with Crippen molar-refractivity contribution in [1.82, 2.24) is 0 Å². The largest absolute Gasteiger partial charge is 0.455 e.